The van der Waals surface area contributed by atoms with Crippen LogP contribution in [0.2, 0.25) is 0 Å². The maximum absolute atomic E-state index is 13.5. The second-order valence-electron chi connectivity index (χ2n) is 21.5. The molecule has 3 aromatic heterocycles. The van der Waals surface area contributed by atoms with E-state index in [1.54, 1.807) is 0 Å². The van der Waals surface area contributed by atoms with Crippen LogP contribution in [0.25, 0.3) is 16.7 Å². The Kier molecular flexibility index (Phi) is 11.5. The number of H-pyrrole nitrogens is 1. The number of aromatic nitrogens is 3. The Morgan fingerprint density at radius 2 is 1.29 bits per heavy atom. The minimum atomic E-state index is -0.220. The fourth-order valence-electron chi connectivity index (χ4n) is 12.9. The summed E-state index contributed by atoms with van der Waals surface area (Å²) in [6.07, 6.45) is 41.7. The van der Waals surface area contributed by atoms with Gasteiger partial charge in [0.15, 0.2) is 31.4 Å². The molecule has 9 aliphatic rings. The van der Waals surface area contributed by atoms with Gasteiger partial charge in [0.05, 0.1) is 40.3 Å². The topological polar surface area (TPSA) is 122 Å². The number of carbonyl (C=O) groups excluding carboxylic acids is 1. The second-order valence-corrected chi connectivity index (χ2v) is 21.5. The molecule has 0 saturated heterocycles. The Balaban J connectivity index is 0.834. The predicted octanol–water partition coefficient (Wildman–Crippen LogP) is 10.2. The highest BCUT2D eigenvalue weighted by atomic mass is 16.5. The van der Waals surface area contributed by atoms with Crippen LogP contribution in [-0.4, -0.2) is 57.8 Å². The third-order valence-corrected chi connectivity index (χ3v) is 16.9. The first kappa shape index (κ1) is 46.5. The third-order valence-electron chi connectivity index (χ3n) is 16.9. The molecule has 4 aliphatic carbocycles. The van der Waals surface area contributed by atoms with Crippen molar-refractivity contribution in [2.24, 2.45) is 52.2 Å². The lowest BCUT2D eigenvalue weighted by Gasteiger charge is -2.50. The minimum absolute atomic E-state index is 0.0468. The molecule has 372 valence electrons. The number of aromatic amines is 1. The summed E-state index contributed by atoms with van der Waals surface area (Å²) in [6.45, 7) is 2.23. The lowest BCUT2D eigenvalue weighted by molar-refractivity contribution is -0.671. The smallest absolute Gasteiger partial charge is 0.262 e. The number of anilines is 1. The molecule has 3 N–H and O–H groups in total. The number of carbonyl (C=O) groups is 1. The van der Waals surface area contributed by atoms with Gasteiger partial charge in [0.25, 0.3) is 5.91 Å². The van der Waals surface area contributed by atoms with E-state index in [-0.39, 0.29) is 24.0 Å². The molecular formula is C64H60N8O3+2. The summed E-state index contributed by atoms with van der Waals surface area (Å²) in [4.78, 5) is 35.7. The molecule has 4 aromatic rings. The van der Waals surface area contributed by atoms with Gasteiger partial charge in [-0.15, -0.1) is 0 Å². The molecule has 11 heteroatoms. The molecule has 11 nitrogen and oxygen atoms in total. The Morgan fingerprint density at radius 1 is 0.720 bits per heavy atom. The average molecular weight is 989 g/mol. The van der Waals surface area contributed by atoms with E-state index in [1.165, 1.54) is 11.1 Å². The number of aliphatic hydroxyl groups excluding tert-OH is 1. The number of nitrogens with one attached hydrogen (secondary N) is 2. The number of nitrogens with zero attached hydrogens (tertiary/aromatic N) is 6. The van der Waals surface area contributed by atoms with Gasteiger partial charge in [-0.3, -0.25) is 4.79 Å². The van der Waals surface area contributed by atoms with Crippen molar-refractivity contribution in [2.75, 3.05) is 19.0 Å². The molecule has 5 aliphatic heterocycles. The van der Waals surface area contributed by atoms with Crippen molar-refractivity contribution in [2.45, 2.75) is 51.6 Å². The molecule has 0 unspecified atom stereocenters. The number of benzene rings is 1. The molecule has 75 heavy (non-hydrogen) atoms. The third kappa shape index (κ3) is 8.45. The molecule has 2 fully saturated rings. The zero-order chi connectivity index (χ0) is 51.0. The van der Waals surface area contributed by atoms with Crippen LogP contribution >= 0.6 is 0 Å². The Labute approximate surface area is 437 Å². The molecular weight excluding hydrogens is 929 g/mol. The number of pyridine rings is 2. The molecule has 13 rings (SSSR count). The van der Waals surface area contributed by atoms with Gasteiger partial charge < -0.3 is 25.0 Å². The van der Waals surface area contributed by atoms with Crippen LogP contribution in [0.5, 0.6) is 0 Å². The largest absolute Gasteiger partial charge is 0.488 e. The van der Waals surface area contributed by atoms with Gasteiger partial charge in [-0.25, -0.2) is 24.1 Å². The Hall–Kier alpha value is -8.28. The van der Waals surface area contributed by atoms with Crippen LogP contribution < -0.4 is 14.5 Å². The highest BCUT2D eigenvalue weighted by molar-refractivity contribution is 6.36. The number of amides is 1. The zero-order valence-corrected chi connectivity index (χ0v) is 42.8. The first-order valence-corrected chi connectivity index (χ1v) is 26.3. The normalized spacial score (nSPS) is 25.2. The van der Waals surface area contributed by atoms with E-state index in [4.69, 9.17) is 19.7 Å². The monoisotopic (exact) mass is 988 g/mol. The van der Waals surface area contributed by atoms with Crippen LogP contribution in [0.3, 0.4) is 0 Å². The number of aliphatic hydroxyl groups is 1. The van der Waals surface area contributed by atoms with Crippen molar-refractivity contribution in [3.05, 3.63) is 238 Å². The number of hydrogen-bond donors (Lipinski definition) is 3. The number of ether oxygens (including phenoxy) is 1. The number of aryl methyl sites for hydroxylation is 2. The summed E-state index contributed by atoms with van der Waals surface area (Å²) in [6, 6.07) is 20.7. The van der Waals surface area contributed by atoms with Crippen LogP contribution in [0.15, 0.2) is 225 Å². The van der Waals surface area contributed by atoms with Gasteiger partial charge in [0.2, 0.25) is 0 Å². The zero-order valence-electron chi connectivity index (χ0n) is 42.8. The summed E-state index contributed by atoms with van der Waals surface area (Å²) in [5.74, 6) is 2.28. The van der Waals surface area contributed by atoms with E-state index < -0.39 is 0 Å². The summed E-state index contributed by atoms with van der Waals surface area (Å²) in [5.41, 5.74) is 17.7. The van der Waals surface area contributed by atoms with Crippen molar-refractivity contribution >= 4 is 45.4 Å². The highest BCUT2D eigenvalue weighted by Gasteiger charge is 2.54. The maximum atomic E-state index is 13.5. The summed E-state index contributed by atoms with van der Waals surface area (Å²) < 4.78 is 10.2. The van der Waals surface area contributed by atoms with Gasteiger partial charge in [0, 0.05) is 89.5 Å². The van der Waals surface area contributed by atoms with Crippen LogP contribution in [0.1, 0.15) is 73.5 Å². The van der Waals surface area contributed by atoms with Crippen LogP contribution in [-0.2, 0) is 23.6 Å². The summed E-state index contributed by atoms with van der Waals surface area (Å²) >= 11 is 0. The summed E-state index contributed by atoms with van der Waals surface area (Å²) in [7, 11) is 6.06. The van der Waals surface area contributed by atoms with E-state index in [9.17, 15) is 9.90 Å². The predicted molar refractivity (Wildman–Crippen MR) is 295 cm³/mol. The highest BCUT2D eigenvalue weighted by Crippen LogP contribution is 2.60. The van der Waals surface area contributed by atoms with Crippen molar-refractivity contribution in [1.82, 2.24) is 9.88 Å². The molecule has 2 saturated carbocycles. The SMILES string of the molecule is CN1C=CC(=C2C3=NC(=C(c4cc[n+](C)cc4)C4=NC(=C(c5ccc(NC(=O)COC6=CC7=CC[C@@H]8[C@H](CC[C@]9(C)[C@@H](O)CC[C@@H]89)C7=CC6)cc5)c5ccc([nH]5)C(c5cc[n+](C)cc5)=C5C=CC2=N5)C=C4)C=C3)C=C1. The van der Waals surface area contributed by atoms with Crippen molar-refractivity contribution in [3.8, 4) is 0 Å². The van der Waals surface area contributed by atoms with Gasteiger partial charge in [0.1, 0.15) is 19.9 Å². The molecule has 8 bridgehead atoms. The fraction of sp³-hybridized carbons (Fsp3) is 0.250. The quantitative estimate of drug-likeness (QED) is 0.160. The summed E-state index contributed by atoms with van der Waals surface area (Å²) in [5, 5.41) is 13.9. The van der Waals surface area contributed by atoms with E-state index >= 15 is 0 Å². The molecule has 1 amide bonds. The van der Waals surface area contributed by atoms with E-state index in [2.05, 4.69) is 145 Å². The minimum Gasteiger partial charge on any atom is -0.488 e. The van der Waals surface area contributed by atoms with Gasteiger partial charge in [-0.2, -0.15) is 0 Å². The van der Waals surface area contributed by atoms with Gasteiger partial charge in [-0.05, 0) is 168 Å². The molecule has 0 radical (unpaired) electrons. The molecule has 5 atom stereocenters. The standard InChI is InChI=1S/C64H59N8O3/c1-64-30-23-47-46-12-10-45(37-43(46)7-11-48(47)49(64)13-22-58(64)73)75-38-59(74)65-44-8-5-39(6-9-44)60-50-14-16-52(66-50)61(40-24-31-70(2)32-25-40)54-18-20-56(68-54)63(42-28-35-72(4)36-29-42)57-21-19-55(69-57)62(53-17-15-51(60)67-53)41-26-33-71(3)34-27-41/h5-9,12,14-21,24-29,31-37,47-49,58,73H,10-11,13,22-23,30,38H2,1-4H3,(H-,65,66,67,68,69,74)/q+1/p+1/t47-,48-,49+,58+,64+/m1/s1. The van der Waals surface area contributed by atoms with Gasteiger partial charge in [-0.1, -0.05) is 31.2 Å². The first-order chi connectivity index (χ1) is 36.5. The van der Waals surface area contributed by atoms with E-state index in [0.717, 1.165) is 128 Å². The van der Waals surface area contributed by atoms with Crippen LogP contribution in [0, 0.1) is 23.2 Å². The van der Waals surface area contributed by atoms with E-state index in [1.807, 2.05) is 71.8 Å². The molecule has 8 heterocycles. The first-order valence-electron chi connectivity index (χ1n) is 26.3. The lowest BCUT2D eigenvalue weighted by atomic mass is 9.55. The number of fused-ring (bicyclic) bond motifs is 10. The van der Waals surface area contributed by atoms with E-state index in [0.29, 0.717) is 29.9 Å². The molecule has 0 spiro atoms. The van der Waals surface area contributed by atoms with Crippen molar-refractivity contribution in [1.29, 1.82) is 0 Å². The Morgan fingerprint density at radius 3 is 1.92 bits per heavy atom. The fourth-order valence-corrected chi connectivity index (χ4v) is 12.9. The average Bonchev–Trinajstić information content (AvgIpc) is 4.31. The number of rotatable bonds is 7. The maximum Gasteiger partial charge on any atom is 0.262 e. The Bertz CT molecular complexity index is 3580. The molecule has 1 aromatic carbocycles. The number of aliphatic imine (C=N–C) groups is 3. The number of hydrogen-bond acceptors (Lipinski definition) is 7. The van der Waals surface area contributed by atoms with Crippen molar-refractivity contribution in [3.63, 3.8) is 0 Å². The lowest BCUT2D eigenvalue weighted by Crippen LogP contribution is -2.44. The second kappa shape index (κ2) is 18.6. The van der Waals surface area contributed by atoms with Crippen molar-refractivity contribution < 1.29 is 23.8 Å². The van der Waals surface area contributed by atoms with Crippen LogP contribution in [0.4, 0.5) is 5.69 Å². The number of allylic oxidation sites excluding steroid dienone is 16. The van der Waals surface area contributed by atoms with Gasteiger partial charge >= 0.3 is 0 Å².